The van der Waals surface area contributed by atoms with Gasteiger partial charge < -0.3 is 13.7 Å². The van der Waals surface area contributed by atoms with Crippen molar-refractivity contribution < 1.29 is 0 Å². The van der Waals surface area contributed by atoms with Gasteiger partial charge in [-0.2, -0.15) is 0 Å². The van der Waals surface area contributed by atoms with Crippen LogP contribution in [0.4, 0.5) is 0 Å². The molecule has 0 spiro atoms. The van der Waals surface area contributed by atoms with Gasteiger partial charge in [0.05, 0.1) is 39.1 Å². The topological polar surface area (TPSA) is 14.8 Å². The minimum Gasteiger partial charge on any atom is -0.333 e. The molecule has 0 saturated carbocycles. The molecule has 3 heterocycles. The Hall–Kier alpha value is -5.80. The summed E-state index contributed by atoms with van der Waals surface area (Å²) in [6.45, 7) is 0. The summed E-state index contributed by atoms with van der Waals surface area (Å²) in [6, 6.07) is 49.3. The highest BCUT2D eigenvalue weighted by Crippen LogP contribution is 2.40. The van der Waals surface area contributed by atoms with E-state index in [0.29, 0.717) is 0 Å². The maximum absolute atomic E-state index is 2.57. The third kappa shape index (κ3) is 3.46. The van der Waals surface area contributed by atoms with Crippen molar-refractivity contribution in [3.05, 3.63) is 158 Å². The molecule has 1 aliphatic carbocycles. The van der Waals surface area contributed by atoms with Gasteiger partial charge in [-0.1, -0.05) is 109 Å². The molecule has 1 atom stereocenters. The molecule has 3 heteroatoms. The van der Waals surface area contributed by atoms with Crippen molar-refractivity contribution in [1.82, 2.24) is 13.7 Å². The smallest absolute Gasteiger partial charge is 0.0560 e. The van der Waals surface area contributed by atoms with Crippen LogP contribution in [0.2, 0.25) is 0 Å². The molecule has 1 unspecified atom stereocenters. The van der Waals surface area contributed by atoms with Crippen LogP contribution in [0.3, 0.4) is 0 Å². The van der Waals surface area contributed by atoms with Gasteiger partial charge in [0.15, 0.2) is 0 Å². The highest BCUT2D eigenvalue weighted by atomic mass is 15.0. The van der Waals surface area contributed by atoms with Gasteiger partial charge in [0.25, 0.3) is 0 Å². The van der Waals surface area contributed by atoms with Gasteiger partial charge in [-0.15, -0.1) is 0 Å². The molecule has 3 nitrogen and oxygen atoms in total. The molecule has 0 radical (unpaired) electrons. The summed E-state index contributed by atoms with van der Waals surface area (Å²) in [6.07, 6.45) is 9.96. The number of para-hydroxylation sites is 4. The summed E-state index contributed by atoms with van der Waals surface area (Å²) in [5.74, 6) is 0. The fourth-order valence-electron chi connectivity index (χ4n) is 7.82. The molecular formula is C42H29N3. The highest BCUT2D eigenvalue weighted by Gasteiger charge is 2.21. The van der Waals surface area contributed by atoms with Gasteiger partial charge in [0, 0.05) is 43.7 Å². The van der Waals surface area contributed by atoms with Crippen LogP contribution in [0.5, 0.6) is 0 Å². The lowest BCUT2D eigenvalue weighted by Gasteiger charge is -2.19. The first-order valence-corrected chi connectivity index (χ1v) is 15.7. The predicted molar refractivity (Wildman–Crippen MR) is 190 cm³/mol. The van der Waals surface area contributed by atoms with Crippen LogP contribution >= 0.6 is 0 Å². The lowest BCUT2D eigenvalue weighted by atomic mass is 10.1. The second-order valence-corrected chi connectivity index (χ2v) is 12.1. The van der Waals surface area contributed by atoms with Crippen molar-refractivity contribution in [3.63, 3.8) is 0 Å². The zero-order valence-electron chi connectivity index (χ0n) is 24.6. The van der Waals surface area contributed by atoms with Crippen molar-refractivity contribution in [2.45, 2.75) is 12.5 Å². The van der Waals surface area contributed by atoms with Crippen molar-refractivity contribution in [2.75, 3.05) is 0 Å². The summed E-state index contributed by atoms with van der Waals surface area (Å²) in [7, 11) is 0. The molecule has 10 rings (SSSR count). The number of benzene rings is 6. The quantitative estimate of drug-likeness (QED) is 0.199. The van der Waals surface area contributed by atoms with Crippen LogP contribution in [0, 0.1) is 0 Å². The number of hydrogen-bond acceptors (Lipinski definition) is 0. The van der Waals surface area contributed by atoms with Gasteiger partial charge in [0.2, 0.25) is 0 Å². The van der Waals surface area contributed by atoms with E-state index in [1.54, 1.807) is 0 Å². The average molecular weight is 576 g/mol. The maximum Gasteiger partial charge on any atom is 0.0560 e. The second kappa shape index (κ2) is 9.35. The number of rotatable bonds is 3. The summed E-state index contributed by atoms with van der Waals surface area (Å²) >= 11 is 0. The van der Waals surface area contributed by atoms with E-state index in [9.17, 15) is 0 Å². The lowest BCUT2D eigenvalue weighted by Crippen LogP contribution is -2.07. The molecule has 0 amide bonds. The van der Waals surface area contributed by atoms with Gasteiger partial charge in [0.1, 0.15) is 0 Å². The third-order valence-corrected chi connectivity index (χ3v) is 9.74. The molecular weight excluding hydrogens is 546 g/mol. The van der Waals surface area contributed by atoms with Crippen molar-refractivity contribution in [1.29, 1.82) is 0 Å². The van der Waals surface area contributed by atoms with E-state index in [2.05, 4.69) is 171 Å². The van der Waals surface area contributed by atoms with Crippen LogP contribution in [0.15, 0.2) is 158 Å². The van der Waals surface area contributed by atoms with Crippen LogP contribution in [0.1, 0.15) is 12.5 Å². The molecule has 6 aromatic carbocycles. The van der Waals surface area contributed by atoms with Crippen molar-refractivity contribution in [3.8, 4) is 11.4 Å². The molecule has 45 heavy (non-hydrogen) atoms. The zero-order valence-corrected chi connectivity index (χ0v) is 24.6. The first-order valence-electron chi connectivity index (χ1n) is 15.7. The van der Waals surface area contributed by atoms with E-state index in [1.807, 2.05) is 0 Å². The Labute approximate surface area is 260 Å². The van der Waals surface area contributed by atoms with E-state index >= 15 is 0 Å². The van der Waals surface area contributed by atoms with Gasteiger partial charge in [-0.25, -0.2) is 0 Å². The largest absolute Gasteiger partial charge is 0.333 e. The van der Waals surface area contributed by atoms with Crippen LogP contribution in [-0.4, -0.2) is 13.7 Å². The number of allylic oxidation sites excluding steroid dienone is 4. The molecule has 0 saturated heterocycles. The summed E-state index contributed by atoms with van der Waals surface area (Å²) in [5, 5.41) is 7.70. The molecule has 1 aliphatic rings. The van der Waals surface area contributed by atoms with Gasteiger partial charge in [-0.05, 0) is 55.0 Å². The Morgan fingerprint density at radius 1 is 0.400 bits per heavy atom. The van der Waals surface area contributed by atoms with Crippen LogP contribution in [0.25, 0.3) is 76.8 Å². The Bertz CT molecular complexity index is 2410. The van der Waals surface area contributed by atoms with Crippen molar-refractivity contribution >= 4 is 65.4 Å². The number of hydrogen-bond donors (Lipinski definition) is 0. The summed E-state index contributed by atoms with van der Waals surface area (Å²) in [4.78, 5) is 0. The summed E-state index contributed by atoms with van der Waals surface area (Å²) in [5.41, 5.74) is 9.81. The normalized spacial score (nSPS) is 15.1. The SMILES string of the molecule is C1=CCC(n2c3cc(-n4c5ccccc5c5ccccc54)ccc3c3ccc(-n4c5ccccc5c5ccccc54)cc32)C=C1. The fraction of sp³-hybridized carbons (Fsp3) is 0.0476. The highest BCUT2D eigenvalue weighted by molar-refractivity contribution is 6.13. The first kappa shape index (κ1) is 24.6. The predicted octanol–water partition coefficient (Wildman–Crippen LogP) is 11.0. The van der Waals surface area contributed by atoms with E-state index < -0.39 is 0 Å². The molecule has 3 aromatic heterocycles. The Kier molecular flexibility index (Phi) is 5.11. The molecule has 9 aromatic rings. The molecule has 0 bridgehead atoms. The molecule has 0 fully saturated rings. The van der Waals surface area contributed by atoms with E-state index in [0.717, 1.165) is 6.42 Å². The standard InChI is InChI=1S/C42H29N3/c1-2-12-28(13-3-1)43-41-26-29(44-37-18-8-4-14-31(37)32-15-5-9-19-38(32)44)22-24-35(41)36-25-23-30(27-42(36)43)45-39-20-10-6-16-33(39)34-17-7-11-21-40(34)45/h1-12,14-28H,13H2. The second-order valence-electron chi connectivity index (χ2n) is 12.1. The van der Waals surface area contributed by atoms with Crippen LogP contribution in [-0.2, 0) is 0 Å². The minimum atomic E-state index is 0.233. The molecule has 212 valence electrons. The van der Waals surface area contributed by atoms with Gasteiger partial charge >= 0.3 is 0 Å². The average Bonchev–Trinajstić information content (AvgIpc) is 3.74. The molecule has 0 aliphatic heterocycles. The van der Waals surface area contributed by atoms with Crippen molar-refractivity contribution in [2.24, 2.45) is 0 Å². The van der Waals surface area contributed by atoms with Gasteiger partial charge in [-0.3, -0.25) is 0 Å². The lowest BCUT2D eigenvalue weighted by molar-refractivity contribution is 0.648. The Balaban J connectivity index is 1.27. The zero-order chi connectivity index (χ0) is 29.5. The maximum atomic E-state index is 2.57. The number of nitrogens with zero attached hydrogens (tertiary/aromatic N) is 3. The Morgan fingerprint density at radius 3 is 1.20 bits per heavy atom. The fourth-order valence-corrected chi connectivity index (χ4v) is 7.82. The number of aromatic nitrogens is 3. The Morgan fingerprint density at radius 2 is 0.800 bits per heavy atom. The summed E-state index contributed by atoms with van der Waals surface area (Å²) < 4.78 is 7.41. The monoisotopic (exact) mass is 575 g/mol. The minimum absolute atomic E-state index is 0.233. The third-order valence-electron chi connectivity index (χ3n) is 9.74. The molecule has 0 N–H and O–H groups in total. The first-order chi connectivity index (χ1) is 22.3. The number of fused-ring (bicyclic) bond motifs is 9. The van der Waals surface area contributed by atoms with E-state index in [-0.39, 0.29) is 6.04 Å². The van der Waals surface area contributed by atoms with E-state index in [4.69, 9.17) is 0 Å². The van der Waals surface area contributed by atoms with E-state index in [1.165, 1.54) is 76.8 Å². The van der Waals surface area contributed by atoms with Crippen LogP contribution < -0.4 is 0 Å².